The number of thioether (sulfide) groups is 1. The molecule has 0 aliphatic carbocycles. The Bertz CT molecular complexity index is 358. The van der Waals surface area contributed by atoms with Gasteiger partial charge in [0.1, 0.15) is 11.6 Å². The molecule has 0 atom stereocenters. The smallest absolute Gasteiger partial charge is 0.143 e. The zero-order valence-electron chi connectivity index (χ0n) is 10.7. The second kappa shape index (κ2) is 8.13. The zero-order chi connectivity index (χ0) is 12.7. The van der Waals surface area contributed by atoms with Gasteiger partial charge in [-0.1, -0.05) is 20.8 Å². The number of rotatable bonds is 7. The molecule has 0 saturated heterocycles. The van der Waals surface area contributed by atoms with E-state index in [0.29, 0.717) is 0 Å². The number of nitrogens with one attached hydrogen (secondary N) is 1. The molecule has 1 N–H and O–H groups in total. The molecule has 1 aromatic heterocycles. The Balaban J connectivity index is 2.92. The molecule has 1 heterocycles. The first-order valence-corrected chi connectivity index (χ1v) is 8.33. The van der Waals surface area contributed by atoms with Crippen molar-refractivity contribution in [1.82, 2.24) is 9.97 Å². The van der Waals surface area contributed by atoms with Crippen LogP contribution >= 0.6 is 34.4 Å². The van der Waals surface area contributed by atoms with Gasteiger partial charge in [0.15, 0.2) is 0 Å². The SMILES string of the molecule is CCCNc1nc(CSCC)nc(CC)c1I. The summed E-state index contributed by atoms with van der Waals surface area (Å²) < 4.78 is 1.17. The molecule has 0 aliphatic heterocycles. The number of aromatic nitrogens is 2. The van der Waals surface area contributed by atoms with Crippen molar-refractivity contribution in [1.29, 1.82) is 0 Å². The molecule has 0 aromatic carbocycles. The summed E-state index contributed by atoms with van der Waals surface area (Å²) in [6.07, 6.45) is 2.08. The molecule has 0 bridgehead atoms. The summed E-state index contributed by atoms with van der Waals surface area (Å²) in [5.74, 6) is 3.97. The number of anilines is 1. The Morgan fingerprint density at radius 2 is 2.00 bits per heavy atom. The quantitative estimate of drug-likeness (QED) is 0.748. The summed E-state index contributed by atoms with van der Waals surface area (Å²) in [7, 11) is 0. The maximum atomic E-state index is 4.62. The zero-order valence-corrected chi connectivity index (χ0v) is 13.7. The van der Waals surface area contributed by atoms with Crippen molar-refractivity contribution in [2.24, 2.45) is 0 Å². The molecule has 0 radical (unpaired) electrons. The first kappa shape index (κ1) is 15.0. The van der Waals surface area contributed by atoms with Crippen LogP contribution in [0.5, 0.6) is 0 Å². The Hall–Kier alpha value is -0.0400. The summed E-state index contributed by atoms with van der Waals surface area (Å²) in [5, 5.41) is 3.39. The van der Waals surface area contributed by atoms with Gasteiger partial charge in [0, 0.05) is 6.54 Å². The highest BCUT2D eigenvalue weighted by molar-refractivity contribution is 14.1. The molecule has 0 spiro atoms. The standard InChI is InChI=1S/C12H20IN3S/c1-4-7-14-12-11(13)9(5-2)15-10(16-12)8-17-6-3/h4-8H2,1-3H3,(H,14,15,16). The fraction of sp³-hybridized carbons (Fsp3) is 0.667. The van der Waals surface area contributed by atoms with Gasteiger partial charge < -0.3 is 5.32 Å². The Kier molecular flexibility index (Phi) is 7.18. The number of hydrogen-bond donors (Lipinski definition) is 1. The highest BCUT2D eigenvalue weighted by Crippen LogP contribution is 2.21. The van der Waals surface area contributed by atoms with E-state index in [2.05, 4.69) is 58.6 Å². The average molecular weight is 365 g/mol. The van der Waals surface area contributed by atoms with Crippen LogP contribution in [0, 0.1) is 3.57 Å². The topological polar surface area (TPSA) is 37.8 Å². The minimum Gasteiger partial charge on any atom is -0.369 e. The lowest BCUT2D eigenvalue weighted by Gasteiger charge is -2.11. The molecule has 0 aliphatic rings. The molecule has 0 amide bonds. The van der Waals surface area contributed by atoms with Crippen LogP contribution in [-0.4, -0.2) is 22.3 Å². The molecule has 96 valence electrons. The largest absolute Gasteiger partial charge is 0.369 e. The van der Waals surface area contributed by atoms with Crippen LogP contribution in [0.3, 0.4) is 0 Å². The van der Waals surface area contributed by atoms with E-state index in [0.717, 1.165) is 48.2 Å². The summed E-state index contributed by atoms with van der Waals surface area (Å²) in [5.41, 5.74) is 1.16. The molecular weight excluding hydrogens is 345 g/mol. The van der Waals surface area contributed by atoms with E-state index < -0.39 is 0 Å². The van der Waals surface area contributed by atoms with Crippen LogP contribution in [0.25, 0.3) is 0 Å². The van der Waals surface area contributed by atoms with Crippen LogP contribution in [-0.2, 0) is 12.2 Å². The van der Waals surface area contributed by atoms with Crippen molar-refractivity contribution in [3.8, 4) is 0 Å². The van der Waals surface area contributed by atoms with Crippen molar-refractivity contribution >= 4 is 40.2 Å². The van der Waals surface area contributed by atoms with E-state index in [1.54, 1.807) is 0 Å². The summed E-state index contributed by atoms with van der Waals surface area (Å²) >= 11 is 4.20. The second-order valence-corrected chi connectivity index (χ2v) is 6.02. The number of nitrogens with zero attached hydrogens (tertiary/aromatic N) is 2. The highest BCUT2D eigenvalue weighted by atomic mass is 127. The fourth-order valence-electron chi connectivity index (χ4n) is 1.40. The van der Waals surface area contributed by atoms with Gasteiger partial charge in [-0.25, -0.2) is 9.97 Å². The number of aryl methyl sites for hydroxylation is 1. The van der Waals surface area contributed by atoms with Gasteiger partial charge in [0.2, 0.25) is 0 Å². The molecule has 3 nitrogen and oxygen atoms in total. The van der Waals surface area contributed by atoms with Gasteiger partial charge in [0.05, 0.1) is 15.0 Å². The predicted octanol–water partition coefficient (Wildman–Crippen LogP) is 3.72. The van der Waals surface area contributed by atoms with Crippen LogP contribution < -0.4 is 5.32 Å². The van der Waals surface area contributed by atoms with Crippen LogP contribution in [0.2, 0.25) is 0 Å². The van der Waals surface area contributed by atoms with Gasteiger partial charge in [-0.15, -0.1) is 0 Å². The Morgan fingerprint density at radius 3 is 2.59 bits per heavy atom. The number of hydrogen-bond acceptors (Lipinski definition) is 4. The van der Waals surface area contributed by atoms with Gasteiger partial charge in [-0.05, 0) is 41.2 Å². The van der Waals surface area contributed by atoms with E-state index in [9.17, 15) is 0 Å². The highest BCUT2D eigenvalue weighted by Gasteiger charge is 2.10. The predicted molar refractivity (Wildman–Crippen MR) is 84.7 cm³/mol. The van der Waals surface area contributed by atoms with Gasteiger partial charge >= 0.3 is 0 Å². The third-order valence-electron chi connectivity index (χ3n) is 2.28. The van der Waals surface area contributed by atoms with Crippen LogP contribution in [0.1, 0.15) is 38.7 Å². The normalized spacial score (nSPS) is 10.6. The average Bonchev–Trinajstić information content (AvgIpc) is 2.35. The first-order chi connectivity index (χ1) is 8.22. The van der Waals surface area contributed by atoms with E-state index in [4.69, 9.17) is 0 Å². The Labute approximate surface area is 122 Å². The van der Waals surface area contributed by atoms with Crippen molar-refractivity contribution in [3.05, 3.63) is 15.1 Å². The van der Waals surface area contributed by atoms with E-state index in [-0.39, 0.29) is 0 Å². The first-order valence-electron chi connectivity index (χ1n) is 6.09. The van der Waals surface area contributed by atoms with Crippen molar-refractivity contribution < 1.29 is 0 Å². The van der Waals surface area contributed by atoms with Gasteiger partial charge in [0.25, 0.3) is 0 Å². The third-order valence-corrected chi connectivity index (χ3v) is 4.28. The molecule has 0 unspecified atom stereocenters. The van der Waals surface area contributed by atoms with Crippen molar-refractivity contribution in [2.45, 2.75) is 39.4 Å². The summed E-state index contributed by atoms with van der Waals surface area (Å²) in [6, 6.07) is 0. The van der Waals surface area contributed by atoms with Crippen LogP contribution in [0.15, 0.2) is 0 Å². The molecule has 1 aromatic rings. The third kappa shape index (κ3) is 4.62. The summed E-state index contributed by atoms with van der Waals surface area (Å²) in [4.78, 5) is 9.22. The second-order valence-electron chi connectivity index (χ2n) is 3.67. The van der Waals surface area contributed by atoms with Gasteiger partial charge in [-0.2, -0.15) is 11.8 Å². The number of halogens is 1. The Morgan fingerprint density at radius 1 is 1.24 bits per heavy atom. The van der Waals surface area contributed by atoms with E-state index in [1.165, 1.54) is 3.57 Å². The lowest BCUT2D eigenvalue weighted by Crippen LogP contribution is -2.10. The van der Waals surface area contributed by atoms with E-state index in [1.807, 2.05) is 11.8 Å². The fourth-order valence-corrected chi connectivity index (χ4v) is 2.73. The lowest BCUT2D eigenvalue weighted by atomic mass is 10.3. The molecule has 0 saturated carbocycles. The maximum absolute atomic E-state index is 4.62. The van der Waals surface area contributed by atoms with Gasteiger partial charge in [-0.3, -0.25) is 0 Å². The monoisotopic (exact) mass is 365 g/mol. The molecular formula is C12H20IN3S. The van der Waals surface area contributed by atoms with E-state index >= 15 is 0 Å². The minimum absolute atomic E-state index is 0.904. The molecule has 0 fully saturated rings. The lowest BCUT2D eigenvalue weighted by molar-refractivity contribution is 0.906. The van der Waals surface area contributed by atoms with Crippen molar-refractivity contribution in [3.63, 3.8) is 0 Å². The molecule has 5 heteroatoms. The van der Waals surface area contributed by atoms with Crippen LogP contribution in [0.4, 0.5) is 5.82 Å². The molecule has 17 heavy (non-hydrogen) atoms. The van der Waals surface area contributed by atoms with Crippen molar-refractivity contribution in [2.75, 3.05) is 17.6 Å². The maximum Gasteiger partial charge on any atom is 0.143 e. The molecule has 1 rings (SSSR count). The summed E-state index contributed by atoms with van der Waals surface area (Å²) in [6.45, 7) is 7.44. The minimum atomic E-state index is 0.904.